The van der Waals surface area contributed by atoms with Crippen LogP contribution in [0.4, 0.5) is 11.4 Å². The van der Waals surface area contributed by atoms with Crippen molar-refractivity contribution in [2.24, 2.45) is 5.10 Å². The van der Waals surface area contributed by atoms with Crippen LogP contribution < -0.4 is 15.9 Å². The van der Waals surface area contributed by atoms with Crippen LogP contribution in [-0.2, 0) is 0 Å². The van der Waals surface area contributed by atoms with Crippen LogP contribution in [0.3, 0.4) is 0 Å². The van der Waals surface area contributed by atoms with Crippen molar-refractivity contribution in [1.29, 1.82) is 0 Å². The molecule has 0 atom stereocenters. The van der Waals surface area contributed by atoms with Gasteiger partial charge in [-0.05, 0) is 66.2 Å². The summed E-state index contributed by atoms with van der Waals surface area (Å²) in [6, 6.07) is 17.3. The number of carbonyl (C=O) groups excluding carboxylic acids is 1. The van der Waals surface area contributed by atoms with Gasteiger partial charge in [-0.3, -0.25) is 14.9 Å². The maximum absolute atomic E-state index is 12.0. The lowest BCUT2D eigenvalue weighted by molar-refractivity contribution is -0.385. The Morgan fingerprint density at radius 1 is 1.10 bits per heavy atom. The van der Waals surface area contributed by atoms with Gasteiger partial charge in [0.15, 0.2) is 0 Å². The van der Waals surface area contributed by atoms with Crippen molar-refractivity contribution in [3.63, 3.8) is 0 Å². The minimum absolute atomic E-state index is 0.0802. The number of hydrogen-bond donors (Lipinski definition) is 2. The first kappa shape index (κ1) is 19.8. The third-order valence-corrected chi connectivity index (χ3v) is 4.01. The topological polar surface area (TPSA) is 120 Å². The molecule has 0 heterocycles. The minimum Gasteiger partial charge on any atom is -0.450 e. The van der Waals surface area contributed by atoms with Gasteiger partial charge in [-0.1, -0.05) is 11.6 Å². The number of nitro groups is 1. The molecule has 0 unspecified atom stereocenters. The molecule has 3 rings (SSSR count). The van der Waals surface area contributed by atoms with Gasteiger partial charge in [0.05, 0.1) is 11.1 Å². The molecular weight excluding hydrogens is 396 g/mol. The van der Waals surface area contributed by atoms with Crippen LogP contribution in [0.15, 0.2) is 71.8 Å². The zero-order chi connectivity index (χ0) is 20.8. The van der Waals surface area contributed by atoms with E-state index in [9.17, 15) is 14.9 Å². The predicted molar refractivity (Wildman–Crippen MR) is 111 cm³/mol. The van der Waals surface area contributed by atoms with Gasteiger partial charge < -0.3 is 10.5 Å². The molecule has 3 aromatic carbocycles. The highest BCUT2D eigenvalue weighted by Gasteiger charge is 2.16. The average Bonchev–Trinajstić information content (AvgIpc) is 2.71. The van der Waals surface area contributed by atoms with Crippen LogP contribution in [0.5, 0.6) is 11.5 Å². The highest BCUT2D eigenvalue weighted by molar-refractivity contribution is 6.30. The summed E-state index contributed by atoms with van der Waals surface area (Å²) in [5, 5.41) is 15.3. The van der Waals surface area contributed by atoms with Crippen molar-refractivity contribution in [3.8, 4) is 11.5 Å². The van der Waals surface area contributed by atoms with E-state index in [4.69, 9.17) is 22.1 Å². The number of benzene rings is 3. The third kappa shape index (κ3) is 5.30. The van der Waals surface area contributed by atoms with Crippen LogP contribution in [0.1, 0.15) is 15.9 Å². The maximum Gasteiger partial charge on any atom is 0.313 e. The molecular formula is C20H15ClN4O4. The van der Waals surface area contributed by atoms with E-state index >= 15 is 0 Å². The van der Waals surface area contributed by atoms with Crippen molar-refractivity contribution in [3.05, 3.63) is 93.0 Å². The standard InChI is InChI=1S/C20H15ClN4O4/c21-15-5-10-19(18(11-15)25(27)28)29-17-8-1-13(2-9-17)12-23-24-20(26)14-3-6-16(22)7-4-14/h1-12H,22H2,(H,24,26)/b23-12-. The summed E-state index contributed by atoms with van der Waals surface area (Å²) in [6.07, 6.45) is 1.46. The van der Waals surface area contributed by atoms with E-state index in [-0.39, 0.29) is 22.4 Å². The zero-order valence-electron chi connectivity index (χ0n) is 14.9. The molecule has 29 heavy (non-hydrogen) atoms. The number of nitro benzene ring substituents is 1. The Balaban J connectivity index is 1.63. The number of hydrogen-bond acceptors (Lipinski definition) is 6. The number of nitrogens with zero attached hydrogens (tertiary/aromatic N) is 2. The smallest absolute Gasteiger partial charge is 0.313 e. The molecule has 0 saturated carbocycles. The molecule has 3 aromatic rings. The summed E-state index contributed by atoms with van der Waals surface area (Å²) >= 11 is 5.79. The molecule has 0 fully saturated rings. The lowest BCUT2D eigenvalue weighted by Crippen LogP contribution is -2.17. The Hall–Kier alpha value is -3.91. The molecule has 0 aliphatic heterocycles. The largest absolute Gasteiger partial charge is 0.450 e. The van der Waals surface area contributed by atoms with Crippen molar-refractivity contribution in [2.75, 3.05) is 5.73 Å². The first-order valence-corrected chi connectivity index (χ1v) is 8.71. The number of rotatable bonds is 6. The Morgan fingerprint density at radius 2 is 1.79 bits per heavy atom. The lowest BCUT2D eigenvalue weighted by atomic mass is 10.2. The summed E-state index contributed by atoms with van der Waals surface area (Å²) < 4.78 is 5.57. The fraction of sp³-hybridized carbons (Fsp3) is 0. The quantitative estimate of drug-likeness (QED) is 0.270. The molecule has 3 N–H and O–H groups in total. The van der Waals surface area contributed by atoms with Gasteiger partial charge in [-0.2, -0.15) is 5.10 Å². The summed E-state index contributed by atoms with van der Waals surface area (Å²) in [5.74, 6) is 0.117. The fourth-order valence-corrected chi connectivity index (χ4v) is 2.50. The summed E-state index contributed by atoms with van der Waals surface area (Å²) in [6.45, 7) is 0. The predicted octanol–water partition coefficient (Wildman–Crippen LogP) is 4.39. The summed E-state index contributed by atoms with van der Waals surface area (Å²) in [7, 11) is 0. The van der Waals surface area contributed by atoms with Crippen LogP contribution in [0.2, 0.25) is 5.02 Å². The average molecular weight is 411 g/mol. The van der Waals surface area contributed by atoms with Crippen molar-refractivity contribution in [2.45, 2.75) is 0 Å². The van der Waals surface area contributed by atoms with Gasteiger partial charge in [-0.25, -0.2) is 5.43 Å². The Labute approximate surface area is 170 Å². The van der Waals surface area contributed by atoms with Crippen LogP contribution in [-0.4, -0.2) is 17.0 Å². The molecule has 0 radical (unpaired) electrons. The zero-order valence-corrected chi connectivity index (χ0v) is 15.7. The van der Waals surface area contributed by atoms with Crippen molar-refractivity contribution in [1.82, 2.24) is 5.43 Å². The van der Waals surface area contributed by atoms with E-state index in [1.165, 1.54) is 24.4 Å². The minimum atomic E-state index is -0.563. The van der Waals surface area contributed by atoms with E-state index in [2.05, 4.69) is 10.5 Å². The Bertz CT molecular complexity index is 1070. The summed E-state index contributed by atoms with van der Waals surface area (Å²) in [5.41, 5.74) is 9.47. The van der Waals surface area contributed by atoms with Gasteiger partial charge in [0.2, 0.25) is 5.75 Å². The molecule has 0 spiro atoms. The van der Waals surface area contributed by atoms with E-state index in [0.717, 1.165) is 0 Å². The molecule has 1 amide bonds. The van der Waals surface area contributed by atoms with E-state index in [1.807, 2.05) is 0 Å². The molecule has 0 saturated heterocycles. The molecule has 0 aliphatic rings. The van der Waals surface area contributed by atoms with Gasteiger partial charge >= 0.3 is 5.69 Å². The highest BCUT2D eigenvalue weighted by Crippen LogP contribution is 2.33. The van der Waals surface area contributed by atoms with Crippen LogP contribution >= 0.6 is 11.6 Å². The molecule has 146 valence electrons. The number of ether oxygens (including phenoxy) is 1. The lowest BCUT2D eigenvalue weighted by Gasteiger charge is -2.06. The molecule has 0 bridgehead atoms. The number of amides is 1. The monoisotopic (exact) mass is 410 g/mol. The summed E-state index contributed by atoms with van der Waals surface area (Å²) in [4.78, 5) is 22.5. The normalized spacial score (nSPS) is 10.7. The number of hydrazone groups is 1. The van der Waals surface area contributed by atoms with Gasteiger partial charge in [-0.15, -0.1) is 0 Å². The van der Waals surface area contributed by atoms with E-state index in [0.29, 0.717) is 22.6 Å². The van der Waals surface area contributed by atoms with Gasteiger partial charge in [0.1, 0.15) is 5.75 Å². The maximum atomic E-state index is 12.0. The SMILES string of the molecule is Nc1ccc(C(=O)N/N=C\c2ccc(Oc3ccc(Cl)cc3[N+](=O)[O-])cc2)cc1. The van der Waals surface area contributed by atoms with Crippen LogP contribution in [0.25, 0.3) is 0 Å². The molecule has 0 aliphatic carbocycles. The van der Waals surface area contributed by atoms with E-state index in [1.54, 1.807) is 48.5 Å². The number of nitrogen functional groups attached to an aromatic ring is 1. The Morgan fingerprint density at radius 3 is 2.45 bits per heavy atom. The second kappa shape index (κ2) is 8.85. The highest BCUT2D eigenvalue weighted by atomic mass is 35.5. The number of halogens is 1. The van der Waals surface area contributed by atoms with Gasteiger partial charge in [0, 0.05) is 22.3 Å². The van der Waals surface area contributed by atoms with Crippen LogP contribution in [0, 0.1) is 10.1 Å². The van der Waals surface area contributed by atoms with E-state index < -0.39 is 4.92 Å². The fourth-order valence-electron chi connectivity index (χ4n) is 2.33. The number of anilines is 1. The van der Waals surface area contributed by atoms with Gasteiger partial charge in [0.25, 0.3) is 5.91 Å². The van der Waals surface area contributed by atoms with Crippen molar-refractivity contribution < 1.29 is 14.5 Å². The third-order valence-electron chi connectivity index (χ3n) is 3.78. The number of nitrogens with one attached hydrogen (secondary N) is 1. The second-order valence-corrected chi connectivity index (χ2v) is 6.30. The number of carbonyl (C=O) groups is 1. The molecule has 0 aromatic heterocycles. The van der Waals surface area contributed by atoms with Crippen molar-refractivity contribution >= 4 is 35.1 Å². The first-order chi connectivity index (χ1) is 13.9. The molecule has 9 heteroatoms. The number of nitrogens with two attached hydrogens (primary N) is 1. The second-order valence-electron chi connectivity index (χ2n) is 5.86. The molecule has 8 nitrogen and oxygen atoms in total. The first-order valence-electron chi connectivity index (χ1n) is 8.33. The Kier molecular flexibility index (Phi) is 6.06.